The van der Waals surface area contributed by atoms with Crippen LogP contribution in [0.5, 0.6) is 0 Å². The summed E-state index contributed by atoms with van der Waals surface area (Å²) in [5, 5.41) is -0.103. The second kappa shape index (κ2) is 6.37. The van der Waals surface area contributed by atoms with Gasteiger partial charge in [-0.25, -0.2) is 12.8 Å². The van der Waals surface area contributed by atoms with Crippen molar-refractivity contribution in [2.75, 3.05) is 13.1 Å². The van der Waals surface area contributed by atoms with Gasteiger partial charge >= 0.3 is 0 Å². The van der Waals surface area contributed by atoms with E-state index in [1.807, 2.05) is 0 Å². The van der Waals surface area contributed by atoms with E-state index in [0.29, 0.717) is 6.54 Å². The standard InChI is InChI=1S/C11H14ClFN2O2S.ClH/c12-10-6-8(13)3-4-11(10)18(16,17)15-5-1-2-9(14)7-15;/h3-4,6,9H,1-2,5,7,14H2;1H/t9-;/m1./s1. The first-order chi connectivity index (χ1) is 8.41. The molecule has 108 valence electrons. The van der Waals surface area contributed by atoms with Crippen molar-refractivity contribution in [2.24, 2.45) is 5.73 Å². The van der Waals surface area contributed by atoms with Crippen LogP contribution in [0.4, 0.5) is 4.39 Å². The quantitative estimate of drug-likeness (QED) is 0.903. The van der Waals surface area contributed by atoms with Crippen molar-refractivity contribution >= 4 is 34.0 Å². The maximum Gasteiger partial charge on any atom is 0.244 e. The third-order valence-electron chi connectivity index (χ3n) is 2.93. The zero-order valence-corrected chi connectivity index (χ0v) is 12.4. The fourth-order valence-electron chi connectivity index (χ4n) is 2.02. The van der Waals surface area contributed by atoms with Gasteiger partial charge in [-0.2, -0.15) is 4.31 Å². The number of nitrogens with zero attached hydrogens (tertiary/aromatic N) is 1. The number of halogens is 3. The Labute approximate surface area is 123 Å². The van der Waals surface area contributed by atoms with Crippen molar-refractivity contribution in [3.8, 4) is 0 Å². The fourth-order valence-corrected chi connectivity index (χ4v) is 4.06. The third-order valence-corrected chi connectivity index (χ3v) is 5.28. The number of hydrogen-bond acceptors (Lipinski definition) is 3. The lowest BCUT2D eigenvalue weighted by molar-refractivity contribution is 0.316. The van der Waals surface area contributed by atoms with Gasteiger partial charge in [0.1, 0.15) is 10.7 Å². The minimum atomic E-state index is -3.69. The molecule has 1 fully saturated rings. The smallest absolute Gasteiger partial charge is 0.244 e. The van der Waals surface area contributed by atoms with E-state index in [1.54, 1.807) is 0 Å². The van der Waals surface area contributed by atoms with Gasteiger partial charge in [0.15, 0.2) is 0 Å². The normalized spacial score (nSPS) is 20.9. The molecule has 0 bridgehead atoms. The predicted molar refractivity (Wildman–Crippen MR) is 74.6 cm³/mol. The van der Waals surface area contributed by atoms with Gasteiger partial charge in [0.05, 0.1) is 5.02 Å². The Morgan fingerprint density at radius 1 is 1.42 bits per heavy atom. The van der Waals surface area contributed by atoms with Crippen LogP contribution in [-0.2, 0) is 10.0 Å². The Balaban J connectivity index is 0.00000180. The highest BCUT2D eigenvalue weighted by Gasteiger charge is 2.30. The Bertz CT molecular complexity index is 554. The molecule has 0 aliphatic carbocycles. The highest BCUT2D eigenvalue weighted by molar-refractivity contribution is 7.89. The summed E-state index contributed by atoms with van der Waals surface area (Å²) in [4.78, 5) is -0.0698. The number of rotatable bonds is 2. The zero-order chi connectivity index (χ0) is 13.3. The van der Waals surface area contributed by atoms with Crippen LogP contribution < -0.4 is 5.73 Å². The van der Waals surface area contributed by atoms with E-state index in [2.05, 4.69) is 0 Å². The summed E-state index contributed by atoms with van der Waals surface area (Å²) in [5.41, 5.74) is 5.76. The van der Waals surface area contributed by atoms with E-state index in [4.69, 9.17) is 17.3 Å². The second-order valence-corrected chi connectivity index (χ2v) is 6.65. The van der Waals surface area contributed by atoms with Crippen LogP contribution in [0.15, 0.2) is 23.1 Å². The summed E-state index contributed by atoms with van der Waals surface area (Å²) in [6.07, 6.45) is 1.53. The van der Waals surface area contributed by atoms with E-state index >= 15 is 0 Å². The fraction of sp³-hybridized carbons (Fsp3) is 0.455. The molecule has 2 N–H and O–H groups in total. The van der Waals surface area contributed by atoms with Gasteiger partial charge in [-0.05, 0) is 31.0 Å². The van der Waals surface area contributed by atoms with Gasteiger partial charge < -0.3 is 5.73 Å². The van der Waals surface area contributed by atoms with Gasteiger partial charge in [0.2, 0.25) is 10.0 Å². The Morgan fingerprint density at radius 2 is 2.11 bits per heavy atom. The molecule has 1 saturated heterocycles. The molecular weight excluding hydrogens is 314 g/mol. The molecule has 0 unspecified atom stereocenters. The molecule has 0 radical (unpaired) electrons. The summed E-state index contributed by atoms with van der Waals surface area (Å²) in [6, 6.07) is 3.11. The lowest BCUT2D eigenvalue weighted by atomic mass is 10.1. The highest BCUT2D eigenvalue weighted by atomic mass is 35.5. The lowest BCUT2D eigenvalue weighted by Crippen LogP contribution is -2.45. The molecule has 0 spiro atoms. The van der Waals surface area contributed by atoms with Crippen molar-refractivity contribution in [1.29, 1.82) is 0 Å². The van der Waals surface area contributed by atoms with Gasteiger partial charge in [-0.3, -0.25) is 0 Å². The average Bonchev–Trinajstić information content (AvgIpc) is 2.28. The highest BCUT2D eigenvalue weighted by Crippen LogP contribution is 2.27. The summed E-state index contributed by atoms with van der Waals surface area (Å²) in [5.74, 6) is -0.561. The number of nitrogens with two attached hydrogens (primary N) is 1. The maximum atomic E-state index is 12.9. The van der Waals surface area contributed by atoms with Gasteiger partial charge in [0, 0.05) is 19.1 Å². The average molecular weight is 329 g/mol. The molecular formula is C11H15Cl2FN2O2S. The number of sulfonamides is 1. The molecule has 1 heterocycles. The minimum absolute atomic E-state index is 0. The first-order valence-electron chi connectivity index (χ1n) is 5.62. The number of piperidine rings is 1. The second-order valence-electron chi connectivity index (χ2n) is 4.34. The van der Waals surface area contributed by atoms with Crippen LogP contribution in [0.1, 0.15) is 12.8 Å². The minimum Gasteiger partial charge on any atom is -0.327 e. The number of hydrogen-bond donors (Lipinski definition) is 1. The van der Waals surface area contributed by atoms with E-state index < -0.39 is 15.8 Å². The maximum absolute atomic E-state index is 12.9. The SMILES string of the molecule is Cl.N[C@@H]1CCCN(S(=O)(=O)c2ccc(F)cc2Cl)C1. The Morgan fingerprint density at radius 3 is 2.68 bits per heavy atom. The van der Waals surface area contributed by atoms with Crippen molar-refractivity contribution in [3.63, 3.8) is 0 Å². The molecule has 0 saturated carbocycles. The molecule has 19 heavy (non-hydrogen) atoms. The summed E-state index contributed by atoms with van der Waals surface area (Å²) in [7, 11) is -3.69. The number of benzene rings is 1. The molecule has 0 aromatic heterocycles. The molecule has 1 aromatic rings. The topological polar surface area (TPSA) is 63.4 Å². The summed E-state index contributed by atoms with van der Waals surface area (Å²) >= 11 is 5.79. The molecule has 1 aliphatic rings. The molecule has 8 heteroatoms. The monoisotopic (exact) mass is 328 g/mol. The van der Waals surface area contributed by atoms with Gasteiger partial charge in [0.25, 0.3) is 0 Å². The molecule has 1 atom stereocenters. The molecule has 1 aromatic carbocycles. The summed E-state index contributed by atoms with van der Waals surface area (Å²) in [6.45, 7) is 0.694. The zero-order valence-electron chi connectivity index (χ0n) is 10.1. The van der Waals surface area contributed by atoms with Crippen LogP contribution in [-0.4, -0.2) is 31.9 Å². The predicted octanol–water partition coefficient (Wildman–Crippen LogP) is 2.01. The van der Waals surface area contributed by atoms with Gasteiger partial charge in [-0.1, -0.05) is 11.6 Å². The van der Waals surface area contributed by atoms with Crippen molar-refractivity contribution in [1.82, 2.24) is 4.31 Å². The van der Waals surface area contributed by atoms with E-state index in [1.165, 1.54) is 10.4 Å². The molecule has 4 nitrogen and oxygen atoms in total. The largest absolute Gasteiger partial charge is 0.327 e. The van der Waals surface area contributed by atoms with Crippen LogP contribution in [0.25, 0.3) is 0 Å². The first-order valence-corrected chi connectivity index (χ1v) is 7.44. The lowest BCUT2D eigenvalue weighted by Gasteiger charge is -2.30. The van der Waals surface area contributed by atoms with Crippen LogP contribution in [0.2, 0.25) is 5.02 Å². The van der Waals surface area contributed by atoms with E-state index in [9.17, 15) is 12.8 Å². The molecule has 1 aliphatic heterocycles. The van der Waals surface area contributed by atoms with Crippen LogP contribution in [0.3, 0.4) is 0 Å². The van der Waals surface area contributed by atoms with E-state index in [-0.39, 0.29) is 34.9 Å². The van der Waals surface area contributed by atoms with Crippen LogP contribution >= 0.6 is 24.0 Å². The van der Waals surface area contributed by atoms with Gasteiger partial charge in [-0.15, -0.1) is 12.4 Å². The first kappa shape index (κ1) is 16.7. The molecule has 2 rings (SSSR count). The van der Waals surface area contributed by atoms with Crippen molar-refractivity contribution in [2.45, 2.75) is 23.8 Å². The van der Waals surface area contributed by atoms with Crippen molar-refractivity contribution < 1.29 is 12.8 Å². The van der Waals surface area contributed by atoms with Crippen molar-refractivity contribution in [3.05, 3.63) is 29.0 Å². The van der Waals surface area contributed by atoms with E-state index in [0.717, 1.165) is 25.0 Å². The van der Waals surface area contributed by atoms with Crippen LogP contribution in [0, 0.1) is 5.82 Å². The third kappa shape index (κ3) is 3.58. The Hall–Kier alpha value is -0.400. The Kier molecular flexibility index (Phi) is 5.58. The molecule has 0 amide bonds. The summed E-state index contributed by atoms with van der Waals surface area (Å²) < 4.78 is 38.9.